The monoisotopic (exact) mass is 729 g/mol. The fourth-order valence-electron chi connectivity index (χ4n) is 7.21. The Morgan fingerprint density at radius 1 is 0.510 bits per heavy atom. The third-order valence-corrected chi connectivity index (χ3v) is 10.8. The summed E-state index contributed by atoms with van der Waals surface area (Å²) in [6.45, 7) is 7.40. The first-order chi connectivity index (χ1) is 24.8. The van der Waals surface area contributed by atoms with Crippen LogP contribution in [-0.2, 0) is 19.0 Å². The molecule has 0 spiro atoms. The summed E-state index contributed by atoms with van der Waals surface area (Å²) in [6.07, 6.45) is 28.5. The second-order valence-electron chi connectivity index (χ2n) is 15.9. The maximum atomic E-state index is 12.7. The minimum atomic E-state index is -1.49. The number of aliphatic hydroxyl groups excluding tert-OH is 4. The van der Waals surface area contributed by atoms with Crippen LogP contribution < -0.4 is 0 Å². The molecule has 0 aromatic rings. The van der Waals surface area contributed by atoms with E-state index in [1.54, 1.807) is 0 Å². The first-order valence-electron chi connectivity index (χ1n) is 21.9. The molecular formula is C43H84O8. The van der Waals surface area contributed by atoms with Crippen molar-refractivity contribution >= 4 is 5.97 Å². The molecule has 0 aliphatic heterocycles. The zero-order valence-corrected chi connectivity index (χ0v) is 33.6. The van der Waals surface area contributed by atoms with Gasteiger partial charge in [-0.3, -0.25) is 4.79 Å². The van der Waals surface area contributed by atoms with Crippen LogP contribution in [0.15, 0.2) is 0 Å². The number of esters is 1. The van der Waals surface area contributed by atoms with E-state index in [9.17, 15) is 25.2 Å². The van der Waals surface area contributed by atoms with Crippen molar-refractivity contribution < 1.29 is 39.4 Å². The summed E-state index contributed by atoms with van der Waals surface area (Å²) in [5.74, 6) is 0.247. The molecule has 0 bridgehead atoms. The van der Waals surface area contributed by atoms with E-state index in [1.165, 1.54) is 154 Å². The Labute approximate surface area is 314 Å². The highest BCUT2D eigenvalue weighted by Gasteiger charge is 2.49. The molecule has 1 fully saturated rings. The molecule has 0 aromatic heterocycles. The van der Waals surface area contributed by atoms with Gasteiger partial charge in [-0.2, -0.15) is 0 Å². The van der Waals surface area contributed by atoms with Crippen LogP contribution in [0.1, 0.15) is 207 Å². The van der Waals surface area contributed by atoms with Gasteiger partial charge in [-0.15, -0.1) is 0 Å². The Kier molecular flexibility index (Phi) is 32.0. The van der Waals surface area contributed by atoms with Gasteiger partial charge in [0, 0.05) is 13.0 Å². The van der Waals surface area contributed by atoms with Crippen LogP contribution in [0.25, 0.3) is 0 Å². The molecular weight excluding hydrogens is 644 g/mol. The molecule has 6 atom stereocenters. The number of ether oxygens (including phenoxy) is 3. The van der Waals surface area contributed by atoms with Gasteiger partial charge in [0.15, 0.2) is 0 Å². The highest BCUT2D eigenvalue weighted by molar-refractivity contribution is 5.69. The number of hydrogen-bond acceptors (Lipinski definition) is 8. The molecule has 0 amide bonds. The van der Waals surface area contributed by atoms with Crippen molar-refractivity contribution in [1.82, 2.24) is 0 Å². The van der Waals surface area contributed by atoms with Crippen LogP contribution in [0.4, 0.5) is 0 Å². The summed E-state index contributed by atoms with van der Waals surface area (Å²) in [5.41, 5.74) is 0. The van der Waals surface area contributed by atoms with Crippen LogP contribution in [0, 0.1) is 5.92 Å². The van der Waals surface area contributed by atoms with E-state index in [-0.39, 0.29) is 19.2 Å². The van der Waals surface area contributed by atoms with Gasteiger partial charge in [-0.1, -0.05) is 188 Å². The van der Waals surface area contributed by atoms with Crippen LogP contribution in [0.5, 0.6) is 0 Å². The molecule has 1 aliphatic rings. The highest BCUT2D eigenvalue weighted by Crippen LogP contribution is 2.25. The molecule has 304 valence electrons. The lowest BCUT2D eigenvalue weighted by Crippen LogP contribution is -2.39. The Morgan fingerprint density at radius 3 is 1.33 bits per heavy atom. The second-order valence-corrected chi connectivity index (χ2v) is 15.9. The number of carbonyl (C=O) groups excluding carboxylic acids is 1. The van der Waals surface area contributed by atoms with E-state index in [4.69, 9.17) is 14.2 Å². The molecule has 4 N–H and O–H groups in total. The van der Waals surface area contributed by atoms with E-state index in [2.05, 4.69) is 20.8 Å². The van der Waals surface area contributed by atoms with E-state index < -0.39 is 36.6 Å². The fourth-order valence-corrected chi connectivity index (χ4v) is 7.21. The molecule has 1 saturated carbocycles. The van der Waals surface area contributed by atoms with Gasteiger partial charge >= 0.3 is 5.97 Å². The Balaban J connectivity index is 2.24. The van der Waals surface area contributed by atoms with Crippen molar-refractivity contribution in [3.8, 4) is 0 Å². The van der Waals surface area contributed by atoms with Crippen molar-refractivity contribution in [2.45, 2.75) is 244 Å². The summed E-state index contributed by atoms with van der Waals surface area (Å²) in [5, 5.41) is 40.3. The van der Waals surface area contributed by atoms with Crippen LogP contribution in [0.3, 0.4) is 0 Å². The first kappa shape index (κ1) is 48.2. The lowest BCUT2D eigenvalue weighted by molar-refractivity contribution is -0.163. The highest BCUT2D eigenvalue weighted by atomic mass is 16.6. The molecule has 51 heavy (non-hydrogen) atoms. The Hall–Kier alpha value is -0.770. The van der Waals surface area contributed by atoms with E-state index >= 15 is 0 Å². The molecule has 8 heteroatoms. The van der Waals surface area contributed by atoms with Crippen LogP contribution >= 0.6 is 0 Å². The van der Waals surface area contributed by atoms with Gasteiger partial charge in [0.05, 0.1) is 13.2 Å². The van der Waals surface area contributed by atoms with Gasteiger partial charge < -0.3 is 34.6 Å². The molecule has 0 saturated heterocycles. The number of hydrogen-bond donors (Lipinski definition) is 4. The molecule has 0 heterocycles. The molecule has 1 unspecified atom stereocenters. The Morgan fingerprint density at radius 2 is 0.902 bits per heavy atom. The zero-order chi connectivity index (χ0) is 37.4. The lowest BCUT2D eigenvalue weighted by Gasteiger charge is -2.24. The van der Waals surface area contributed by atoms with Crippen molar-refractivity contribution in [2.24, 2.45) is 5.92 Å². The predicted molar refractivity (Wildman–Crippen MR) is 209 cm³/mol. The number of carbonyl (C=O) groups is 1. The molecule has 1 aliphatic carbocycles. The van der Waals surface area contributed by atoms with E-state index in [0.29, 0.717) is 18.9 Å². The third kappa shape index (κ3) is 25.8. The molecule has 8 nitrogen and oxygen atoms in total. The van der Waals surface area contributed by atoms with Gasteiger partial charge in [0.2, 0.25) is 0 Å². The van der Waals surface area contributed by atoms with Gasteiger partial charge in [-0.05, 0) is 18.8 Å². The van der Waals surface area contributed by atoms with Gasteiger partial charge in [-0.25, -0.2) is 0 Å². The predicted octanol–water partition coefficient (Wildman–Crippen LogP) is 9.75. The minimum absolute atomic E-state index is 0.100. The molecule has 1 rings (SSSR count). The van der Waals surface area contributed by atoms with Crippen molar-refractivity contribution in [3.05, 3.63) is 0 Å². The summed E-state index contributed by atoms with van der Waals surface area (Å²) in [6, 6.07) is 0. The number of unbranched alkanes of at least 4 members (excludes halogenated alkanes) is 24. The maximum absolute atomic E-state index is 12.7. The average Bonchev–Trinajstić information content (AvgIpc) is 3.30. The normalized spacial score (nSPS) is 20.6. The Bertz CT molecular complexity index is 752. The quantitative estimate of drug-likeness (QED) is 0.0368. The number of rotatable bonds is 37. The largest absolute Gasteiger partial charge is 0.457 e. The lowest BCUT2D eigenvalue weighted by atomic mass is 9.99. The van der Waals surface area contributed by atoms with Crippen molar-refractivity contribution in [2.75, 3.05) is 19.8 Å². The fraction of sp³-hybridized carbons (Fsp3) is 0.977. The smallest absolute Gasteiger partial charge is 0.306 e. The van der Waals surface area contributed by atoms with Crippen LogP contribution in [-0.4, -0.2) is 82.8 Å². The summed E-state index contributed by atoms with van der Waals surface area (Å²) in [7, 11) is 0. The summed E-state index contributed by atoms with van der Waals surface area (Å²) >= 11 is 0. The average molecular weight is 729 g/mol. The second kappa shape index (κ2) is 33.8. The van der Waals surface area contributed by atoms with Gasteiger partial charge in [0.1, 0.15) is 36.6 Å². The minimum Gasteiger partial charge on any atom is -0.457 e. The molecule has 0 aromatic carbocycles. The summed E-state index contributed by atoms with van der Waals surface area (Å²) < 4.78 is 17.3. The van der Waals surface area contributed by atoms with E-state index in [1.807, 2.05) is 0 Å². The SMILES string of the molecule is CCCCCCCCCCCCCCCCCC(=O)O[C@@H](COCCC(C)CCCCCCCCCCCCC)COC1[C@@H](O)[C@H](O)[C@@H](O)[C@@H]1O. The summed E-state index contributed by atoms with van der Waals surface area (Å²) in [4.78, 5) is 12.7. The van der Waals surface area contributed by atoms with E-state index in [0.717, 1.165) is 25.7 Å². The standard InChI is InChI=1S/C43H84O8/c1-4-6-8-10-12-14-16-17-18-19-21-23-25-27-29-31-38(44)51-37(35-50-43-41(47)39(45)40(46)42(43)48)34-49-33-32-36(3)30-28-26-24-22-20-15-13-11-9-7-5-2/h36-37,39-43,45-48H,4-35H2,1-3H3/t36?,37-,39+,40+,41-,42-/m0/s1. The van der Waals surface area contributed by atoms with Gasteiger partial charge in [0.25, 0.3) is 0 Å². The third-order valence-electron chi connectivity index (χ3n) is 10.8. The topological polar surface area (TPSA) is 126 Å². The van der Waals surface area contributed by atoms with Crippen molar-refractivity contribution in [1.29, 1.82) is 0 Å². The molecule has 0 radical (unpaired) electrons. The van der Waals surface area contributed by atoms with Crippen LogP contribution in [0.2, 0.25) is 0 Å². The van der Waals surface area contributed by atoms with Crippen molar-refractivity contribution in [3.63, 3.8) is 0 Å². The number of aliphatic hydroxyl groups is 4. The zero-order valence-electron chi connectivity index (χ0n) is 33.6. The maximum Gasteiger partial charge on any atom is 0.306 e. The first-order valence-corrected chi connectivity index (χ1v) is 21.9.